The first kappa shape index (κ1) is 18.9. The van der Waals surface area contributed by atoms with E-state index in [1.54, 1.807) is 19.4 Å². The molecule has 1 unspecified atom stereocenters. The van der Waals surface area contributed by atoms with Crippen LogP contribution in [0.3, 0.4) is 0 Å². The van der Waals surface area contributed by atoms with Gasteiger partial charge >= 0.3 is 0 Å². The second-order valence-electron chi connectivity index (χ2n) is 7.70. The molecule has 3 aromatic rings. The first-order valence-corrected chi connectivity index (χ1v) is 10.2. The fraction of sp³-hybridized carbons (Fsp3) is 0.409. The number of fused-ring (bicyclic) bond motifs is 2. The molecule has 1 amide bonds. The van der Waals surface area contributed by atoms with E-state index in [1.807, 2.05) is 24.5 Å². The van der Waals surface area contributed by atoms with E-state index < -0.39 is 0 Å². The predicted molar refractivity (Wildman–Crippen MR) is 110 cm³/mol. The van der Waals surface area contributed by atoms with Gasteiger partial charge in [0, 0.05) is 31.0 Å². The average Bonchev–Trinajstić information content (AvgIpc) is 3.22. The maximum atomic E-state index is 12.8. The van der Waals surface area contributed by atoms with Crippen molar-refractivity contribution in [3.8, 4) is 11.5 Å². The molecule has 1 atom stereocenters. The van der Waals surface area contributed by atoms with Gasteiger partial charge in [-0.1, -0.05) is 12.1 Å². The third kappa shape index (κ3) is 3.47. The summed E-state index contributed by atoms with van der Waals surface area (Å²) in [6.45, 7) is 1.90. The third-order valence-corrected chi connectivity index (χ3v) is 5.77. The second kappa shape index (κ2) is 7.95. The molecule has 0 radical (unpaired) electrons. The molecule has 0 bridgehead atoms. The van der Waals surface area contributed by atoms with Crippen molar-refractivity contribution in [1.29, 1.82) is 0 Å². The lowest BCUT2D eigenvalue weighted by Crippen LogP contribution is -2.42. The summed E-state index contributed by atoms with van der Waals surface area (Å²) in [5.74, 6) is 1.30. The van der Waals surface area contributed by atoms with E-state index in [-0.39, 0.29) is 11.9 Å². The molecule has 8 nitrogen and oxygen atoms in total. The van der Waals surface area contributed by atoms with Crippen LogP contribution in [0.2, 0.25) is 0 Å². The Hall–Kier alpha value is -3.13. The number of amides is 1. The van der Waals surface area contributed by atoms with Crippen molar-refractivity contribution in [3.05, 3.63) is 47.9 Å². The number of aromatic nitrogens is 3. The monoisotopic (exact) mass is 408 g/mol. The summed E-state index contributed by atoms with van der Waals surface area (Å²) >= 11 is 0. The van der Waals surface area contributed by atoms with Gasteiger partial charge in [-0.2, -0.15) is 0 Å². The Morgan fingerprint density at radius 3 is 2.97 bits per heavy atom. The van der Waals surface area contributed by atoms with E-state index in [0.717, 1.165) is 48.5 Å². The topological polar surface area (TPSA) is 87.5 Å². The number of nitrogens with one attached hydrogen (secondary N) is 1. The van der Waals surface area contributed by atoms with E-state index >= 15 is 0 Å². The van der Waals surface area contributed by atoms with Gasteiger partial charge in [0.2, 0.25) is 0 Å². The zero-order valence-electron chi connectivity index (χ0n) is 16.8. The molecule has 1 saturated heterocycles. The Morgan fingerprint density at radius 1 is 1.27 bits per heavy atom. The van der Waals surface area contributed by atoms with Gasteiger partial charge in [-0.3, -0.25) is 4.79 Å². The van der Waals surface area contributed by atoms with E-state index in [9.17, 15) is 4.79 Å². The van der Waals surface area contributed by atoms with Gasteiger partial charge < -0.3 is 24.1 Å². The molecule has 5 rings (SSSR count). The highest BCUT2D eigenvalue weighted by Crippen LogP contribution is 2.34. The van der Waals surface area contributed by atoms with Crippen LogP contribution in [0.15, 0.2) is 36.8 Å². The Kier molecular flexibility index (Phi) is 5.00. The quantitative estimate of drug-likeness (QED) is 0.714. The fourth-order valence-electron chi connectivity index (χ4n) is 4.19. The molecule has 4 heterocycles. The number of para-hydroxylation sites is 1. The number of hydrogen-bond acceptors (Lipinski definition) is 6. The van der Waals surface area contributed by atoms with E-state index in [1.165, 1.54) is 0 Å². The summed E-state index contributed by atoms with van der Waals surface area (Å²) in [5, 5.41) is 3.05. The average molecular weight is 408 g/mol. The first-order valence-electron chi connectivity index (χ1n) is 10.2. The zero-order chi connectivity index (χ0) is 20.5. The minimum atomic E-state index is -0.176. The predicted octanol–water partition coefficient (Wildman–Crippen LogP) is 2.52. The molecule has 2 aliphatic rings. The van der Waals surface area contributed by atoms with Gasteiger partial charge in [0.15, 0.2) is 17.1 Å². The maximum Gasteiger partial charge on any atom is 0.253 e. The molecule has 1 aromatic carbocycles. The normalized spacial score (nSPS) is 19.2. The third-order valence-electron chi connectivity index (χ3n) is 5.77. The summed E-state index contributed by atoms with van der Waals surface area (Å²) in [7, 11) is 1.62. The summed E-state index contributed by atoms with van der Waals surface area (Å²) in [5.41, 5.74) is 3.05. The Labute approximate surface area is 174 Å². The molecule has 156 valence electrons. The number of hydrogen-bond donors (Lipinski definition) is 1. The molecule has 0 spiro atoms. The van der Waals surface area contributed by atoms with Gasteiger partial charge in [0.25, 0.3) is 5.91 Å². The molecule has 0 aliphatic carbocycles. The van der Waals surface area contributed by atoms with E-state index in [4.69, 9.17) is 14.2 Å². The number of nitrogens with zero attached hydrogens (tertiary/aromatic N) is 3. The van der Waals surface area contributed by atoms with E-state index in [0.29, 0.717) is 30.4 Å². The highest BCUT2D eigenvalue weighted by Gasteiger charge is 2.25. The van der Waals surface area contributed by atoms with Crippen molar-refractivity contribution in [2.75, 3.05) is 26.9 Å². The Balaban J connectivity index is 1.30. The number of carbonyl (C=O) groups excluding carboxylic acids is 1. The molecule has 1 fully saturated rings. The molecule has 2 aromatic heterocycles. The smallest absolute Gasteiger partial charge is 0.253 e. The Bertz CT molecular complexity index is 1070. The number of rotatable bonds is 4. The fourth-order valence-corrected chi connectivity index (χ4v) is 4.19. The Morgan fingerprint density at radius 2 is 2.13 bits per heavy atom. The SMILES string of the molecule is COc1cccc2c1OCC(NC(=O)c1cnc3c(c1)ncn3C1CCOCC1)C2. The van der Waals surface area contributed by atoms with Gasteiger partial charge in [-0.25, -0.2) is 9.97 Å². The van der Waals surface area contributed by atoms with Crippen LogP contribution in [0.4, 0.5) is 0 Å². The molecular formula is C22H24N4O4. The molecule has 2 aliphatic heterocycles. The van der Waals surface area contributed by atoms with Crippen LogP contribution in [0.25, 0.3) is 11.2 Å². The minimum Gasteiger partial charge on any atom is -0.493 e. The first-order chi connectivity index (χ1) is 14.7. The standard InChI is InChI=1S/C22H24N4O4/c1-28-19-4-2-3-14-9-16(12-30-20(14)19)25-22(27)15-10-18-21(23-11-15)26(13-24-18)17-5-7-29-8-6-17/h2-4,10-11,13,16-17H,5-9,12H2,1H3,(H,25,27). The lowest BCUT2D eigenvalue weighted by molar-refractivity contribution is 0.0704. The number of ether oxygens (including phenoxy) is 3. The maximum absolute atomic E-state index is 12.8. The van der Waals surface area contributed by atoms with Crippen molar-refractivity contribution in [2.45, 2.75) is 31.3 Å². The highest BCUT2D eigenvalue weighted by molar-refractivity contribution is 5.96. The van der Waals surface area contributed by atoms with Crippen LogP contribution in [-0.4, -0.2) is 53.4 Å². The van der Waals surface area contributed by atoms with Crippen molar-refractivity contribution in [1.82, 2.24) is 19.9 Å². The lowest BCUT2D eigenvalue weighted by atomic mass is 10.0. The summed E-state index contributed by atoms with van der Waals surface area (Å²) in [4.78, 5) is 21.8. The second-order valence-corrected chi connectivity index (χ2v) is 7.70. The largest absolute Gasteiger partial charge is 0.493 e. The lowest BCUT2D eigenvalue weighted by Gasteiger charge is -2.27. The zero-order valence-corrected chi connectivity index (χ0v) is 16.8. The van der Waals surface area contributed by atoms with Gasteiger partial charge in [-0.05, 0) is 31.4 Å². The van der Waals surface area contributed by atoms with E-state index in [2.05, 4.69) is 19.9 Å². The molecule has 30 heavy (non-hydrogen) atoms. The molecule has 0 saturated carbocycles. The van der Waals surface area contributed by atoms with Gasteiger partial charge in [-0.15, -0.1) is 0 Å². The van der Waals surface area contributed by atoms with Gasteiger partial charge in [0.05, 0.1) is 25.0 Å². The van der Waals surface area contributed by atoms with Crippen LogP contribution in [-0.2, 0) is 11.2 Å². The van der Waals surface area contributed by atoms with Crippen LogP contribution in [0, 0.1) is 0 Å². The van der Waals surface area contributed by atoms with Crippen LogP contribution in [0.1, 0.15) is 34.8 Å². The van der Waals surface area contributed by atoms with Crippen LogP contribution in [0.5, 0.6) is 11.5 Å². The van der Waals surface area contributed by atoms with Crippen LogP contribution < -0.4 is 14.8 Å². The summed E-state index contributed by atoms with van der Waals surface area (Å²) in [6.07, 6.45) is 6.02. The molecular weight excluding hydrogens is 384 g/mol. The number of pyridine rings is 1. The molecule has 1 N–H and O–H groups in total. The summed E-state index contributed by atoms with van der Waals surface area (Å²) in [6, 6.07) is 7.82. The van der Waals surface area contributed by atoms with Gasteiger partial charge in [0.1, 0.15) is 12.1 Å². The highest BCUT2D eigenvalue weighted by atomic mass is 16.5. The van der Waals surface area contributed by atoms with Crippen LogP contribution >= 0.6 is 0 Å². The number of benzene rings is 1. The number of carbonyl (C=O) groups is 1. The van der Waals surface area contributed by atoms with Crippen molar-refractivity contribution in [2.24, 2.45) is 0 Å². The van der Waals surface area contributed by atoms with Crippen molar-refractivity contribution < 1.29 is 19.0 Å². The summed E-state index contributed by atoms with van der Waals surface area (Å²) < 4.78 is 18.7. The number of imidazole rings is 1. The minimum absolute atomic E-state index is 0.118. The van der Waals surface area contributed by atoms with Crippen molar-refractivity contribution >= 4 is 17.1 Å². The molecule has 8 heteroatoms. The van der Waals surface area contributed by atoms with Crippen molar-refractivity contribution in [3.63, 3.8) is 0 Å². The number of methoxy groups -OCH3 is 1.